The molecule has 0 heterocycles. The number of para-hydroxylation sites is 1. The Morgan fingerprint density at radius 2 is 1.85 bits per heavy atom. The zero-order valence-electron chi connectivity index (χ0n) is 15.2. The minimum Gasteiger partial charge on any atom is -0.452 e. The highest BCUT2D eigenvalue weighted by molar-refractivity contribution is 6.30. The summed E-state index contributed by atoms with van der Waals surface area (Å²) in [6.45, 7) is 1.39. The third-order valence-electron chi connectivity index (χ3n) is 3.87. The Morgan fingerprint density at radius 3 is 2.56 bits per heavy atom. The number of hydrogen-bond acceptors (Lipinski definition) is 4. The molecule has 0 aliphatic heterocycles. The van der Waals surface area contributed by atoms with Gasteiger partial charge in [-0.3, -0.25) is 9.59 Å². The Hall–Kier alpha value is -2.86. The van der Waals surface area contributed by atoms with Crippen molar-refractivity contribution < 1.29 is 19.1 Å². The van der Waals surface area contributed by atoms with E-state index in [1.807, 2.05) is 31.2 Å². The first-order valence-electron chi connectivity index (χ1n) is 8.45. The molecule has 1 N–H and O–H groups in total. The number of esters is 1. The summed E-state index contributed by atoms with van der Waals surface area (Å²) in [5.74, 6) is -1.46. The lowest BCUT2D eigenvalue weighted by atomic mass is 10.1. The molecule has 0 aromatic heterocycles. The van der Waals surface area contributed by atoms with Crippen molar-refractivity contribution in [2.75, 3.05) is 25.5 Å². The van der Waals surface area contributed by atoms with E-state index in [2.05, 4.69) is 5.32 Å². The van der Waals surface area contributed by atoms with Crippen LogP contribution in [-0.2, 0) is 20.7 Å². The van der Waals surface area contributed by atoms with Gasteiger partial charge in [-0.2, -0.15) is 0 Å². The number of ether oxygens (including phenoxy) is 1. The molecule has 27 heavy (non-hydrogen) atoms. The number of benzene rings is 2. The Morgan fingerprint density at radius 1 is 1.11 bits per heavy atom. The average Bonchev–Trinajstić information content (AvgIpc) is 2.66. The van der Waals surface area contributed by atoms with E-state index < -0.39 is 18.5 Å². The van der Waals surface area contributed by atoms with Crippen LogP contribution in [0.4, 0.5) is 5.69 Å². The number of anilines is 1. The summed E-state index contributed by atoms with van der Waals surface area (Å²) in [5.41, 5.74) is 1.99. The van der Waals surface area contributed by atoms with Crippen LogP contribution < -0.4 is 5.32 Å². The van der Waals surface area contributed by atoms with Crippen molar-refractivity contribution in [2.45, 2.75) is 13.3 Å². The van der Waals surface area contributed by atoms with Crippen molar-refractivity contribution in [2.24, 2.45) is 0 Å². The molecule has 0 saturated heterocycles. The van der Waals surface area contributed by atoms with Gasteiger partial charge in [0.2, 0.25) is 5.91 Å². The number of rotatable bonds is 7. The van der Waals surface area contributed by atoms with E-state index in [1.54, 1.807) is 18.2 Å². The second-order valence-electron chi connectivity index (χ2n) is 5.90. The van der Waals surface area contributed by atoms with Gasteiger partial charge in [-0.15, -0.1) is 0 Å². The summed E-state index contributed by atoms with van der Waals surface area (Å²) < 4.78 is 4.98. The molecule has 2 aromatic rings. The van der Waals surface area contributed by atoms with Crippen LogP contribution in [0.1, 0.15) is 22.8 Å². The Balaban J connectivity index is 1.84. The Kier molecular flexibility index (Phi) is 7.37. The fraction of sp³-hybridized carbons (Fsp3) is 0.250. The van der Waals surface area contributed by atoms with Gasteiger partial charge in [0.25, 0.3) is 5.91 Å². The highest BCUT2D eigenvalue weighted by atomic mass is 35.5. The topological polar surface area (TPSA) is 75.7 Å². The smallest absolute Gasteiger partial charge is 0.338 e. The lowest BCUT2D eigenvalue weighted by Gasteiger charge is -2.17. The summed E-state index contributed by atoms with van der Waals surface area (Å²) in [7, 11) is 1.47. The van der Waals surface area contributed by atoms with Crippen LogP contribution in [-0.4, -0.2) is 42.9 Å². The standard InChI is InChI=1S/C20H21ClN2O4/c1-3-14-7-4-5-10-17(14)22-18(24)12-23(2)19(25)13-27-20(26)15-8-6-9-16(21)11-15/h4-11H,3,12-13H2,1-2H3,(H,22,24). The molecule has 0 aliphatic carbocycles. The summed E-state index contributed by atoms with van der Waals surface area (Å²) in [5, 5.41) is 3.19. The molecular formula is C20H21ClN2O4. The highest BCUT2D eigenvalue weighted by Crippen LogP contribution is 2.15. The second kappa shape index (κ2) is 9.73. The van der Waals surface area contributed by atoms with Crippen LogP contribution in [0.2, 0.25) is 5.02 Å². The molecule has 7 heteroatoms. The van der Waals surface area contributed by atoms with Crippen molar-refractivity contribution in [1.29, 1.82) is 0 Å². The molecule has 0 fully saturated rings. The van der Waals surface area contributed by atoms with Gasteiger partial charge in [-0.1, -0.05) is 42.8 Å². The molecular weight excluding hydrogens is 368 g/mol. The zero-order valence-corrected chi connectivity index (χ0v) is 16.0. The van der Waals surface area contributed by atoms with Gasteiger partial charge in [0.1, 0.15) is 0 Å². The minimum absolute atomic E-state index is 0.147. The predicted octanol–water partition coefficient (Wildman–Crippen LogP) is 3.16. The molecule has 0 saturated carbocycles. The van der Waals surface area contributed by atoms with Crippen molar-refractivity contribution in [3.63, 3.8) is 0 Å². The summed E-state index contributed by atoms with van der Waals surface area (Å²) >= 11 is 5.82. The van der Waals surface area contributed by atoms with Crippen molar-refractivity contribution >= 4 is 35.1 Å². The van der Waals surface area contributed by atoms with E-state index in [0.717, 1.165) is 17.7 Å². The number of halogens is 1. The number of nitrogens with zero attached hydrogens (tertiary/aromatic N) is 1. The number of carbonyl (C=O) groups is 3. The quantitative estimate of drug-likeness (QED) is 0.739. The van der Waals surface area contributed by atoms with E-state index in [0.29, 0.717) is 5.02 Å². The van der Waals surface area contributed by atoms with Gasteiger partial charge in [0.05, 0.1) is 12.1 Å². The first-order chi connectivity index (χ1) is 12.9. The monoisotopic (exact) mass is 388 g/mol. The Bertz CT molecular complexity index is 838. The molecule has 0 unspecified atom stereocenters. The van der Waals surface area contributed by atoms with Gasteiger partial charge in [-0.05, 0) is 36.2 Å². The lowest BCUT2D eigenvalue weighted by Crippen LogP contribution is -2.37. The molecule has 0 atom stereocenters. The molecule has 0 spiro atoms. The first-order valence-corrected chi connectivity index (χ1v) is 8.83. The van der Waals surface area contributed by atoms with E-state index in [4.69, 9.17) is 16.3 Å². The number of carbonyl (C=O) groups excluding carboxylic acids is 3. The summed E-state index contributed by atoms with van der Waals surface area (Å²) in [4.78, 5) is 37.4. The third-order valence-corrected chi connectivity index (χ3v) is 4.10. The number of likely N-dealkylation sites (N-methyl/N-ethyl adjacent to an activating group) is 1. The fourth-order valence-corrected chi connectivity index (χ4v) is 2.57. The van der Waals surface area contributed by atoms with E-state index in [-0.39, 0.29) is 18.0 Å². The van der Waals surface area contributed by atoms with Crippen LogP contribution in [0.25, 0.3) is 0 Å². The fourth-order valence-electron chi connectivity index (χ4n) is 2.38. The number of amides is 2. The predicted molar refractivity (Wildman–Crippen MR) is 104 cm³/mol. The third kappa shape index (κ3) is 6.11. The molecule has 2 amide bonds. The van der Waals surface area contributed by atoms with Gasteiger partial charge in [-0.25, -0.2) is 4.79 Å². The van der Waals surface area contributed by atoms with Crippen molar-refractivity contribution in [3.8, 4) is 0 Å². The van der Waals surface area contributed by atoms with Crippen LogP contribution in [0.15, 0.2) is 48.5 Å². The van der Waals surface area contributed by atoms with E-state index in [9.17, 15) is 14.4 Å². The number of aryl methyl sites for hydroxylation is 1. The largest absolute Gasteiger partial charge is 0.452 e. The summed E-state index contributed by atoms with van der Waals surface area (Å²) in [6.07, 6.45) is 0.782. The highest BCUT2D eigenvalue weighted by Gasteiger charge is 2.16. The SMILES string of the molecule is CCc1ccccc1NC(=O)CN(C)C(=O)COC(=O)c1cccc(Cl)c1. The average molecular weight is 389 g/mol. The van der Waals surface area contributed by atoms with Crippen LogP contribution in [0.3, 0.4) is 0 Å². The van der Waals surface area contributed by atoms with Crippen molar-refractivity contribution in [1.82, 2.24) is 4.90 Å². The molecule has 6 nitrogen and oxygen atoms in total. The second-order valence-corrected chi connectivity index (χ2v) is 6.33. The lowest BCUT2D eigenvalue weighted by molar-refractivity contribution is -0.136. The van der Waals surface area contributed by atoms with Crippen LogP contribution in [0, 0.1) is 0 Å². The zero-order chi connectivity index (χ0) is 19.8. The molecule has 142 valence electrons. The van der Waals surface area contributed by atoms with Crippen LogP contribution in [0.5, 0.6) is 0 Å². The minimum atomic E-state index is -0.652. The molecule has 2 rings (SSSR count). The maximum absolute atomic E-state index is 12.2. The molecule has 0 bridgehead atoms. The van der Waals surface area contributed by atoms with Gasteiger partial charge in [0.15, 0.2) is 6.61 Å². The molecule has 0 radical (unpaired) electrons. The molecule has 2 aromatic carbocycles. The van der Waals surface area contributed by atoms with Crippen molar-refractivity contribution in [3.05, 3.63) is 64.7 Å². The maximum atomic E-state index is 12.2. The van der Waals surface area contributed by atoms with Gasteiger partial charge in [0, 0.05) is 17.8 Å². The first kappa shape index (κ1) is 20.5. The molecule has 0 aliphatic rings. The number of hydrogen-bond donors (Lipinski definition) is 1. The summed E-state index contributed by atoms with van der Waals surface area (Å²) in [6, 6.07) is 13.7. The van der Waals surface area contributed by atoms with Gasteiger partial charge < -0.3 is 15.0 Å². The van der Waals surface area contributed by atoms with Crippen LogP contribution >= 0.6 is 11.6 Å². The van der Waals surface area contributed by atoms with Gasteiger partial charge >= 0.3 is 5.97 Å². The van der Waals surface area contributed by atoms with E-state index in [1.165, 1.54) is 18.0 Å². The maximum Gasteiger partial charge on any atom is 0.338 e. The normalized spacial score (nSPS) is 10.2. The van der Waals surface area contributed by atoms with E-state index >= 15 is 0 Å². The Labute approximate surface area is 163 Å². The number of nitrogens with one attached hydrogen (secondary N) is 1.